The number of likely N-dealkylation sites (N-methyl/N-ethyl adjacent to an activating group) is 1. The van der Waals surface area contributed by atoms with E-state index in [-0.39, 0.29) is 11.8 Å². The van der Waals surface area contributed by atoms with Crippen molar-refractivity contribution in [1.82, 2.24) is 5.32 Å². The van der Waals surface area contributed by atoms with Crippen molar-refractivity contribution in [2.75, 3.05) is 25.6 Å². The number of anilines is 1. The molecule has 0 aliphatic carbocycles. The number of nitrogens with zero attached hydrogens (tertiary/aromatic N) is 1. The van der Waals surface area contributed by atoms with E-state index in [1.807, 2.05) is 24.3 Å². The zero-order valence-corrected chi connectivity index (χ0v) is 14.2. The van der Waals surface area contributed by atoms with E-state index in [1.165, 1.54) is 0 Å². The van der Waals surface area contributed by atoms with Crippen molar-refractivity contribution < 1.29 is 19.1 Å². The number of fused-ring (bicyclic) bond motifs is 1. The Balaban J connectivity index is 1.56. The lowest BCUT2D eigenvalue weighted by Gasteiger charge is -2.31. The molecule has 3 rings (SSSR count). The SMILES string of the molecule is COc1ccc(C(=O)NCCC2Oc3ccccc3N(C)C2=O)cc1. The molecule has 0 fully saturated rings. The van der Waals surface area contributed by atoms with Crippen LogP contribution < -0.4 is 19.7 Å². The van der Waals surface area contributed by atoms with E-state index in [4.69, 9.17) is 9.47 Å². The zero-order chi connectivity index (χ0) is 17.8. The molecule has 1 atom stereocenters. The summed E-state index contributed by atoms with van der Waals surface area (Å²) in [6, 6.07) is 14.3. The molecule has 2 aromatic carbocycles. The van der Waals surface area contributed by atoms with Crippen LogP contribution in [-0.4, -0.2) is 38.6 Å². The van der Waals surface area contributed by atoms with Crippen molar-refractivity contribution in [3.8, 4) is 11.5 Å². The smallest absolute Gasteiger partial charge is 0.267 e. The summed E-state index contributed by atoms with van der Waals surface area (Å²) in [5, 5.41) is 2.81. The fourth-order valence-electron chi connectivity index (χ4n) is 2.72. The quantitative estimate of drug-likeness (QED) is 0.906. The van der Waals surface area contributed by atoms with E-state index in [0.29, 0.717) is 30.0 Å². The average Bonchev–Trinajstić information content (AvgIpc) is 2.65. The molecule has 0 spiro atoms. The van der Waals surface area contributed by atoms with E-state index < -0.39 is 6.10 Å². The fraction of sp³-hybridized carbons (Fsp3) is 0.263. The highest BCUT2D eigenvalue weighted by Crippen LogP contribution is 2.33. The number of rotatable bonds is 5. The highest BCUT2D eigenvalue weighted by molar-refractivity contribution is 5.99. The Morgan fingerprint density at radius 3 is 2.64 bits per heavy atom. The van der Waals surface area contributed by atoms with Crippen LogP contribution in [0.3, 0.4) is 0 Å². The van der Waals surface area contributed by atoms with Crippen molar-refractivity contribution in [2.24, 2.45) is 0 Å². The lowest BCUT2D eigenvalue weighted by Crippen LogP contribution is -2.45. The van der Waals surface area contributed by atoms with Gasteiger partial charge in [0.05, 0.1) is 12.8 Å². The molecule has 1 aliphatic heterocycles. The first-order valence-corrected chi connectivity index (χ1v) is 8.05. The Labute approximate surface area is 146 Å². The molecule has 1 unspecified atom stereocenters. The second-order valence-electron chi connectivity index (χ2n) is 5.74. The van der Waals surface area contributed by atoms with Crippen molar-refractivity contribution >= 4 is 17.5 Å². The van der Waals surface area contributed by atoms with Gasteiger partial charge in [0, 0.05) is 25.6 Å². The number of nitrogens with one attached hydrogen (secondary N) is 1. The predicted molar refractivity (Wildman–Crippen MR) is 94.2 cm³/mol. The summed E-state index contributed by atoms with van der Waals surface area (Å²) in [4.78, 5) is 26.1. The first kappa shape index (κ1) is 16.8. The van der Waals surface area contributed by atoms with Gasteiger partial charge in [0.15, 0.2) is 6.10 Å². The van der Waals surface area contributed by atoms with Crippen molar-refractivity contribution in [3.05, 3.63) is 54.1 Å². The largest absolute Gasteiger partial charge is 0.497 e. The van der Waals surface area contributed by atoms with E-state index >= 15 is 0 Å². The van der Waals surface area contributed by atoms with Gasteiger partial charge in [-0.2, -0.15) is 0 Å². The summed E-state index contributed by atoms with van der Waals surface area (Å²) in [7, 11) is 3.30. The summed E-state index contributed by atoms with van der Waals surface area (Å²) in [5.74, 6) is 1.06. The van der Waals surface area contributed by atoms with Gasteiger partial charge in [0.25, 0.3) is 11.8 Å². The van der Waals surface area contributed by atoms with Gasteiger partial charge in [-0.3, -0.25) is 9.59 Å². The topological polar surface area (TPSA) is 67.9 Å². The summed E-state index contributed by atoms with van der Waals surface area (Å²) < 4.78 is 10.8. The highest BCUT2D eigenvalue weighted by atomic mass is 16.5. The van der Waals surface area contributed by atoms with Crippen molar-refractivity contribution in [1.29, 1.82) is 0 Å². The number of hydrogen-bond acceptors (Lipinski definition) is 4. The fourth-order valence-corrected chi connectivity index (χ4v) is 2.72. The molecular formula is C19H20N2O4. The minimum Gasteiger partial charge on any atom is -0.497 e. The molecular weight excluding hydrogens is 320 g/mol. The normalized spacial score (nSPS) is 16.0. The molecule has 6 heteroatoms. The van der Waals surface area contributed by atoms with Crippen LogP contribution in [0.5, 0.6) is 11.5 Å². The van der Waals surface area contributed by atoms with Crippen LogP contribution in [0.15, 0.2) is 48.5 Å². The summed E-state index contributed by atoms with van der Waals surface area (Å²) in [5.41, 5.74) is 1.30. The van der Waals surface area contributed by atoms with Crippen LogP contribution in [0.4, 0.5) is 5.69 Å². The monoisotopic (exact) mass is 340 g/mol. The lowest BCUT2D eigenvalue weighted by molar-refractivity contribution is -0.126. The number of carbonyl (C=O) groups is 2. The van der Waals surface area contributed by atoms with Gasteiger partial charge in [0.2, 0.25) is 0 Å². The van der Waals surface area contributed by atoms with Crippen LogP contribution in [0, 0.1) is 0 Å². The summed E-state index contributed by atoms with van der Waals surface area (Å²) in [6.45, 7) is 0.345. The van der Waals surface area contributed by atoms with Crippen LogP contribution in [0.25, 0.3) is 0 Å². The number of amides is 2. The first-order chi connectivity index (χ1) is 12.1. The average molecular weight is 340 g/mol. The summed E-state index contributed by atoms with van der Waals surface area (Å²) in [6.07, 6.45) is -0.199. The van der Waals surface area contributed by atoms with Crippen LogP contribution >= 0.6 is 0 Å². The van der Waals surface area contributed by atoms with Gasteiger partial charge in [-0.1, -0.05) is 12.1 Å². The third kappa shape index (κ3) is 3.57. The number of benzene rings is 2. The van der Waals surface area contributed by atoms with Gasteiger partial charge in [-0.15, -0.1) is 0 Å². The van der Waals surface area contributed by atoms with Crippen molar-refractivity contribution in [2.45, 2.75) is 12.5 Å². The molecule has 0 bridgehead atoms. The number of hydrogen-bond donors (Lipinski definition) is 1. The molecule has 0 aromatic heterocycles. The van der Waals surface area contributed by atoms with Gasteiger partial charge >= 0.3 is 0 Å². The standard InChI is InChI=1S/C19H20N2O4/c1-21-15-5-3-4-6-16(15)25-17(19(21)23)11-12-20-18(22)13-7-9-14(24-2)10-8-13/h3-10,17H,11-12H2,1-2H3,(H,20,22). The Kier molecular flexibility index (Phi) is 4.88. The Morgan fingerprint density at radius 1 is 1.20 bits per heavy atom. The second-order valence-corrected chi connectivity index (χ2v) is 5.74. The number of methoxy groups -OCH3 is 1. The lowest BCUT2D eigenvalue weighted by atomic mass is 10.1. The van der Waals surface area contributed by atoms with Crippen LogP contribution in [-0.2, 0) is 4.79 Å². The number of carbonyl (C=O) groups excluding carboxylic acids is 2. The maximum absolute atomic E-state index is 12.4. The molecule has 0 radical (unpaired) electrons. The molecule has 25 heavy (non-hydrogen) atoms. The Hall–Kier alpha value is -3.02. The molecule has 6 nitrogen and oxygen atoms in total. The predicted octanol–water partition coefficient (Wildman–Crippen LogP) is 2.24. The van der Waals surface area contributed by atoms with Gasteiger partial charge < -0.3 is 19.7 Å². The summed E-state index contributed by atoms with van der Waals surface area (Å²) >= 11 is 0. The maximum atomic E-state index is 12.4. The Morgan fingerprint density at radius 2 is 1.92 bits per heavy atom. The number of para-hydroxylation sites is 2. The van der Waals surface area contributed by atoms with Crippen molar-refractivity contribution in [3.63, 3.8) is 0 Å². The van der Waals surface area contributed by atoms with Crippen LogP contribution in [0.2, 0.25) is 0 Å². The maximum Gasteiger partial charge on any atom is 0.267 e. The van der Waals surface area contributed by atoms with E-state index in [9.17, 15) is 9.59 Å². The van der Waals surface area contributed by atoms with E-state index in [0.717, 1.165) is 5.69 Å². The second kappa shape index (κ2) is 7.25. The third-order valence-electron chi connectivity index (χ3n) is 4.15. The molecule has 1 N–H and O–H groups in total. The molecule has 1 heterocycles. The molecule has 2 amide bonds. The van der Waals surface area contributed by atoms with Gasteiger partial charge in [-0.05, 0) is 36.4 Å². The van der Waals surface area contributed by atoms with Crippen LogP contribution in [0.1, 0.15) is 16.8 Å². The van der Waals surface area contributed by atoms with Gasteiger partial charge in [-0.25, -0.2) is 0 Å². The minimum absolute atomic E-state index is 0.114. The molecule has 1 aliphatic rings. The first-order valence-electron chi connectivity index (χ1n) is 8.05. The third-order valence-corrected chi connectivity index (χ3v) is 4.15. The number of ether oxygens (including phenoxy) is 2. The zero-order valence-electron chi connectivity index (χ0n) is 14.2. The van der Waals surface area contributed by atoms with E-state index in [2.05, 4.69) is 5.32 Å². The minimum atomic E-state index is -0.601. The molecule has 2 aromatic rings. The van der Waals surface area contributed by atoms with E-state index in [1.54, 1.807) is 43.3 Å². The van der Waals surface area contributed by atoms with Gasteiger partial charge in [0.1, 0.15) is 11.5 Å². The Bertz CT molecular complexity index is 773. The molecule has 130 valence electrons. The molecule has 0 saturated heterocycles. The molecule has 0 saturated carbocycles. The highest BCUT2D eigenvalue weighted by Gasteiger charge is 2.31.